The number of hydrogen-bond donors (Lipinski definition) is 2. The number of nitrogens with one attached hydrogen (secondary N) is 1. The molecule has 28 heavy (non-hydrogen) atoms. The summed E-state index contributed by atoms with van der Waals surface area (Å²) in [6, 6.07) is 1.59. The third-order valence-corrected chi connectivity index (χ3v) is 4.72. The van der Waals surface area contributed by atoms with Crippen LogP contribution < -0.4 is 10.1 Å². The van der Waals surface area contributed by atoms with E-state index < -0.39 is 29.1 Å². The van der Waals surface area contributed by atoms with Gasteiger partial charge in [-0.2, -0.15) is 13.2 Å². The Hall–Kier alpha value is -2.52. The summed E-state index contributed by atoms with van der Waals surface area (Å²) < 4.78 is 44.3. The van der Waals surface area contributed by atoms with E-state index in [2.05, 4.69) is 10.3 Å². The van der Waals surface area contributed by atoms with Crippen molar-refractivity contribution in [3.05, 3.63) is 23.9 Å². The normalized spacial score (nSPS) is 20.6. The number of amides is 2. The highest BCUT2D eigenvalue weighted by Crippen LogP contribution is 2.35. The molecule has 2 rings (SSSR count). The SMILES string of the molecule is C[C@H]1C[C@@H](NC(=O)C(C)(C)COc2ncccc2C(F)(F)F)CCN1C(=O)O. The molecule has 1 aliphatic rings. The molecule has 0 aromatic carbocycles. The van der Waals surface area contributed by atoms with E-state index in [1.807, 2.05) is 0 Å². The summed E-state index contributed by atoms with van der Waals surface area (Å²) in [5, 5.41) is 11.9. The highest BCUT2D eigenvalue weighted by Gasteiger charge is 2.37. The third kappa shape index (κ3) is 5.26. The van der Waals surface area contributed by atoms with Crippen molar-refractivity contribution in [3.8, 4) is 5.88 Å². The minimum atomic E-state index is -4.61. The number of carbonyl (C=O) groups is 2. The number of halogens is 3. The number of ether oxygens (including phenoxy) is 1. The molecule has 2 amide bonds. The van der Waals surface area contributed by atoms with Gasteiger partial charge in [-0.05, 0) is 45.7 Å². The molecule has 2 heterocycles. The molecule has 0 bridgehead atoms. The summed E-state index contributed by atoms with van der Waals surface area (Å²) >= 11 is 0. The number of nitrogens with zero attached hydrogens (tertiary/aromatic N) is 2. The predicted octanol–water partition coefficient (Wildman–Crippen LogP) is 3.15. The molecule has 1 saturated heterocycles. The van der Waals surface area contributed by atoms with Gasteiger partial charge in [0.1, 0.15) is 12.2 Å². The summed E-state index contributed by atoms with van der Waals surface area (Å²) in [5.41, 5.74) is -2.10. The van der Waals surface area contributed by atoms with Crippen LogP contribution in [0.5, 0.6) is 5.88 Å². The van der Waals surface area contributed by atoms with Crippen LogP contribution in [0, 0.1) is 5.41 Å². The average molecular weight is 403 g/mol. The lowest BCUT2D eigenvalue weighted by Crippen LogP contribution is -2.53. The standard InChI is InChI=1S/C18H24F3N3O4/c1-11-9-12(6-8-24(11)16(26)27)23-15(25)17(2,3)10-28-14-13(18(19,20)21)5-4-7-22-14/h4-5,7,11-12H,6,8-10H2,1-3H3,(H,23,25)(H,26,27)/t11-,12-/m0/s1. The number of aromatic nitrogens is 1. The molecule has 1 aromatic rings. The van der Waals surface area contributed by atoms with Gasteiger partial charge in [0.2, 0.25) is 11.8 Å². The summed E-state index contributed by atoms with van der Waals surface area (Å²) in [6.45, 7) is 4.91. The van der Waals surface area contributed by atoms with Gasteiger partial charge in [-0.1, -0.05) is 0 Å². The van der Waals surface area contributed by atoms with E-state index in [-0.39, 0.29) is 24.6 Å². The Bertz CT molecular complexity index is 724. The van der Waals surface area contributed by atoms with Gasteiger partial charge < -0.3 is 20.1 Å². The minimum absolute atomic E-state index is 0.210. The lowest BCUT2D eigenvalue weighted by Gasteiger charge is -2.37. The largest absolute Gasteiger partial charge is 0.476 e. The van der Waals surface area contributed by atoms with Crippen molar-refractivity contribution in [2.24, 2.45) is 5.41 Å². The molecule has 0 saturated carbocycles. The number of hydrogen-bond acceptors (Lipinski definition) is 4. The second-order valence-corrected chi connectivity index (χ2v) is 7.55. The van der Waals surface area contributed by atoms with Crippen molar-refractivity contribution in [1.82, 2.24) is 15.2 Å². The van der Waals surface area contributed by atoms with Gasteiger partial charge in [0.15, 0.2) is 0 Å². The van der Waals surface area contributed by atoms with Gasteiger partial charge in [0.25, 0.3) is 0 Å². The number of piperidine rings is 1. The third-order valence-electron chi connectivity index (χ3n) is 4.72. The molecule has 0 radical (unpaired) electrons. The first-order valence-electron chi connectivity index (χ1n) is 8.87. The van der Waals surface area contributed by atoms with Crippen molar-refractivity contribution in [2.45, 2.75) is 51.9 Å². The van der Waals surface area contributed by atoms with Crippen LogP contribution >= 0.6 is 0 Å². The van der Waals surface area contributed by atoms with Gasteiger partial charge in [0, 0.05) is 24.8 Å². The Balaban J connectivity index is 1.96. The van der Waals surface area contributed by atoms with Crippen LogP contribution in [0.1, 0.15) is 39.2 Å². The van der Waals surface area contributed by atoms with Crippen molar-refractivity contribution < 1.29 is 32.6 Å². The van der Waals surface area contributed by atoms with Crippen LogP contribution in [0.15, 0.2) is 18.3 Å². The van der Waals surface area contributed by atoms with Crippen molar-refractivity contribution in [2.75, 3.05) is 13.2 Å². The molecule has 0 aliphatic carbocycles. The predicted molar refractivity (Wildman–Crippen MR) is 93.9 cm³/mol. The first-order chi connectivity index (χ1) is 12.9. The summed E-state index contributed by atoms with van der Waals surface area (Å²) in [7, 11) is 0. The number of carbonyl (C=O) groups excluding carboxylic acids is 1. The van der Waals surface area contributed by atoms with E-state index >= 15 is 0 Å². The molecule has 2 N–H and O–H groups in total. The van der Waals surface area contributed by atoms with E-state index in [4.69, 9.17) is 9.84 Å². The first-order valence-corrected chi connectivity index (χ1v) is 8.87. The van der Waals surface area contributed by atoms with E-state index in [1.165, 1.54) is 11.1 Å². The molecule has 0 spiro atoms. The van der Waals surface area contributed by atoms with Crippen LogP contribution in [-0.4, -0.2) is 52.2 Å². The molecule has 156 valence electrons. The Morgan fingerprint density at radius 2 is 2.07 bits per heavy atom. The minimum Gasteiger partial charge on any atom is -0.476 e. The van der Waals surface area contributed by atoms with Gasteiger partial charge in [-0.25, -0.2) is 9.78 Å². The number of likely N-dealkylation sites (tertiary alicyclic amines) is 1. The Morgan fingerprint density at radius 3 is 2.64 bits per heavy atom. The Labute approximate surface area is 160 Å². The maximum absolute atomic E-state index is 13.0. The molecule has 0 unspecified atom stereocenters. The second-order valence-electron chi connectivity index (χ2n) is 7.55. The zero-order valence-electron chi connectivity index (χ0n) is 15.9. The van der Waals surface area contributed by atoms with E-state index in [1.54, 1.807) is 20.8 Å². The van der Waals surface area contributed by atoms with Crippen LogP contribution in [0.2, 0.25) is 0 Å². The van der Waals surface area contributed by atoms with Crippen LogP contribution in [0.4, 0.5) is 18.0 Å². The lowest BCUT2D eigenvalue weighted by atomic mass is 9.91. The fourth-order valence-corrected chi connectivity index (χ4v) is 3.00. The maximum atomic E-state index is 13.0. The quantitative estimate of drug-likeness (QED) is 0.788. The highest BCUT2D eigenvalue weighted by molar-refractivity contribution is 5.82. The zero-order chi connectivity index (χ0) is 21.1. The molecule has 7 nitrogen and oxygen atoms in total. The van der Waals surface area contributed by atoms with E-state index in [0.717, 1.165) is 12.1 Å². The number of pyridine rings is 1. The second kappa shape index (κ2) is 8.24. The molecule has 1 aliphatic heterocycles. The fraction of sp³-hybridized carbons (Fsp3) is 0.611. The number of carboxylic acid groups (broad SMARTS) is 1. The molecule has 2 atom stereocenters. The van der Waals surface area contributed by atoms with Crippen molar-refractivity contribution in [3.63, 3.8) is 0 Å². The van der Waals surface area contributed by atoms with Crippen LogP contribution in [-0.2, 0) is 11.0 Å². The Morgan fingerprint density at radius 1 is 1.39 bits per heavy atom. The highest BCUT2D eigenvalue weighted by atomic mass is 19.4. The lowest BCUT2D eigenvalue weighted by molar-refractivity contribution is -0.139. The smallest absolute Gasteiger partial charge is 0.421 e. The number of alkyl halides is 3. The fourth-order valence-electron chi connectivity index (χ4n) is 3.00. The summed E-state index contributed by atoms with van der Waals surface area (Å²) in [6.07, 6.45) is -3.48. The summed E-state index contributed by atoms with van der Waals surface area (Å²) in [4.78, 5) is 28.6. The number of rotatable bonds is 5. The van der Waals surface area contributed by atoms with Crippen LogP contribution in [0.25, 0.3) is 0 Å². The molecular weight excluding hydrogens is 379 g/mol. The monoisotopic (exact) mass is 403 g/mol. The molecular formula is C18H24F3N3O4. The van der Waals surface area contributed by atoms with Gasteiger partial charge >= 0.3 is 12.3 Å². The van der Waals surface area contributed by atoms with E-state index in [0.29, 0.717) is 19.4 Å². The maximum Gasteiger partial charge on any atom is 0.421 e. The molecule has 1 fully saturated rings. The molecule has 1 aromatic heterocycles. The Kier molecular flexibility index (Phi) is 6.41. The van der Waals surface area contributed by atoms with Crippen LogP contribution in [0.3, 0.4) is 0 Å². The zero-order valence-corrected chi connectivity index (χ0v) is 15.9. The van der Waals surface area contributed by atoms with Crippen molar-refractivity contribution in [1.29, 1.82) is 0 Å². The van der Waals surface area contributed by atoms with Gasteiger partial charge in [-0.3, -0.25) is 4.79 Å². The molecule has 10 heteroatoms. The van der Waals surface area contributed by atoms with Gasteiger partial charge in [0.05, 0.1) is 5.41 Å². The topological polar surface area (TPSA) is 91.8 Å². The summed E-state index contributed by atoms with van der Waals surface area (Å²) in [5.74, 6) is -0.947. The van der Waals surface area contributed by atoms with Crippen molar-refractivity contribution >= 4 is 12.0 Å². The van der Waals surface area contributed by atoms with E-state index in [9.17, 15) is 22.8 Å². The first kappa shape index (κ1) is 21.8. The van der Waals surface area contributed by atoms with Gasteiger partial charge in [-0.15, -0.1) is 0 Å². The average Bonchev–Trinajstić information content (AvgIpc) is 2.59.